The molecular weight excluding hydrogens is 280 g/mol. The first kappa shape index (κ1) is 13.7. The Kier molecular flexibility index (Phi) is 3.93. The van der Waals surface area contributed by atoms with Crippen LogP contribution in [0.4, 0.5) is 0 Å². The van der Waals surface area contributed by atoms with E-state index in [-0.39, 0.29) is 5.97 Å². The van der Waals surface area contributed by atoms with E-state index in [0.717, 1.165) is 11.1 Å². The van der Waals surface area contributed by atoms with Gasteiger partial charge in [0.2, 0.25) is 0 Å². The van der Waals surface area contributed by atoms with Crippen LogP contribution in [0.3, 0.4) is 0 Å². The molecule has 3 rings (SSSR count). The van der Waals surface area contributed by atoms with E-state index in [9.17, 15) is 4.79 Å². The molecule has 1 heterocycles. The number of rotatable bonds is 3. The zero-order valence-corrected chi connectivity index (χ0v) is 12.4. The topological polar surface area (TPSA) is 26.3 Å². The number of hydrogen-bond acceptors (Lipinski definition) is 3. The van der Waals surface area contributed by atoms with E-state index in [2.05, 4.69) is 0 Å². The molecule has 0 N–H and O–H groups in total. The molecule has 21 heavy (non-hydrogen) atoms. The van der Waals surface area contributed by atoms with Gasteiger partial charge in [-0.15, -0.1) is 11.8 Å². The summed E-state index contributed by atoms with van der Waals surface area (Å²) < 4.78 is 5.33. The van der Waals surface area contributed by atoms with E-state index in [0.29, 0.717) is 11.3 Å². The van der Waals surface area contributed by atoms with Crippen molar-refractivity contribution in [1.82, 2.24) is 0 Å². The van der Waals surface area contributed by atoms with Gasteiger partial charge in [0.05, 0.1) is 5.57 Å². The molecule has 0 saturated carbocycles. The molecule has 0 spiro atoms. The fourth-order valence-electron chi connectivity index (χ4n) is 2.11. The average Bonchev–Trinajstić information content (AvgIpc) is 2.90. The summed E-state index contributed by atoms with van der Waals surface area (Å²) >= 11 is 1.69. The molecule has 104 valence electrons. The third-order valence-corrected chi connectivity index (χ3v) is 3.96. The molecule has 0 radical (unpaired) electrons. The molecule has 0 amide bonds. The lowest BCUT2D eigenvalue weighted by Gasteiger charge is -2.00. The zero-order chi connectivity index (χ0) is 14.7. The number of esters is 1. The zero-order valence-electron chi connectivity index (χ0n) is 11.6. The Morgan fingerprint density at radius 3 is 2.38 bits per heavy atom. The van der Waals surface area contributed by atoms with Crippen molar-refractivity contribution in [2.75, 3.05) is 6.26 Å². The van der Waals surface area contributed by atoms with Crippen LogP contribution in [0.5, 0.6) is 0 Å². The number of carbonyl (C=O) groups excluding carboxylic acids is 1. The summed E-state index contributed by atoms with van der Waals surface area (Å²) in [6.07, 6.45) is 5.68. The van der Waals surface area contributed by atoms with Crippen LogP contribution in [0, 0.1) is 0 Å². The molecule has 1 aliphatic heterocycles. The van der Waals surface area contributed by atoms with Crippen molar-refractivity contribution < 1.29 is 9.53 Å². The van der Waals surface area contributed by atoms with Crippen LogP contribution in [0.1, 0.15) is 11.1 Å². The monoisotopic (exact) mass is 294 g/mol. The van der Waals surface area contributed by atoms with E-state index >= 15 is 0 Å². The standard InChI is InChI=1S/C18H14O2S/c1-21-16-9-7-13(8-10-16)11-15-12-17(20-18(15)19)14-5-3-2-4-6-14/h2-12H,1H3/b15-11+. The summed E-state index contributed by atoms with van der Waals surface area (Å²) in [6.45, 7) is 0. The summed E-state index contributed by atoms with van der Waals surface area (Å²) in [6, 6.07) is 17.7. The quantitative estimate of drug-likeness (QED) is 0.477. The lowest BCUT2D eigenvalue weighted by atomic mass is 10.1. The maximum atomic E-state index is 11.9. The molecule has 2 aromatic carbocycles. The minimum atomic E-state index is -0.303. The molecule has 1 aliphatic rings. The highest BCUT2D eigenvalue weighted by atomic mass is 32.2. The molecule has 0 aromatic heterocycles. The minimum absolute atomic E-state index is 0.303. The molecule has 0 fully saturated rings. The molecule has 0 unspecified atom stereocenters. The van der Waals surface area contributed by atoms with Crippen LogP contribution in [0.2, 0.25) is 0 Å². The molecule has 0 atom stereocenters. The minimum Gasteiger partial charge on any atom is -0.422 e. The number of carbonyl (C=O) groups is 1. The van der Waals surface area contributed by atoms with Crippen LogP contribution in [0.25, 0.3) is 11.8 Å². The van der Waals surface area contributed by atoms with Gasteiger partial charge in [-0.25, -0.2) is 4.79 Å². The Balaban J connectivity index is 1.89. The second-order valence-electron chi connectivity index (χ2n) is 4.64. The maximum Gasteiger partial charge on any atom is 0.343 e. The number of hydrogen-bond donors (Lipinski definition) is 0. The van der Waals surface area contributed by atoms with Crippen molar-refractivity contribution in [2.45, 2.75) is 4.90 Å². The van der Waals surface area contributed by atoms with Gasteiger partial charge < -0.3 is 4.74 Å². The lowest BCUT2D eigenvalue weighted by molar-refractivity contribution is -0.130. The van der Waals surface area contributed by atoms with Gasteiger partial charge >= 0.3 is 5.97 Å². The summed E-state index contributed by atoms with van der Waals surface area (Å²) in [7, 11) is 0. The normalized spacial score (nSPS) is 16.0. The highest BCUT2D eigenvalue weighted by molar-refractivity contribution is 7.98. The SMILES string of the molecule is CSc1ccc(/C=C2\C=C(c3ccccc3)OC2=O)cc1. The van der Waals surface area contributed by atoms with Crippen LogP contribution in [0.15, 0.2) is 71.1 Å². The van der Waals surface area contributed by atoms with Gasteiger partial charge in [-0.05, 0) is 36.1 Å². The third kappa shape index (κ3) is 3.09. The number of benzene rings is 2. The predicted octanol–water partition coefficient (Wildman–Crippen LogP) is 4.39. The van der Waals surface area contributed by atoms with Crippen molar-refractivity contribution in [1.29, 1.82) is 0 Å². The molecule has 2 nitrogen and oxygen atoms in total. The van der Waals surface area contributed by atoms with Crippen molar-refractivity contribution in [3.8, 4) is 0 Å². The fraction of sp³-hybridized carbons (Fsp3) is 0.0556. The van der Waals surface area contributed by atoms with Crippen LogP contribution < -0.4 is 0 Å². The van der Waals surface area contributed by atoms with Gasteiger partial charge in [-0.2, -0.15) is 0 Å². The fourth-order valence-corrected chi connectivity index (χ4v) is 2.52. The second-order valence-corrected chi connectivity index (χ2v) is 5.52. The molecule has 2 aromatic rings. The summed E-state index contributed by atoms with van der Waals surface area (Å²) in [5, 5.41) is 0. The van der Waals surface area contributed by atoms with Crippen LogP contribution in [-0.4, -0.2) is 12.2 Å². The second kappa shape index (κ2) is 6.02. The van der Waals surface area contributed by atoms with Gasteiger partial charge in [-0.1, -0.05) is 42.5 Å². The molecule has 3 heteroatoms. The summed E-state index contributed by atoms with van der Waals surface area (Å²) in [4.78, 5) is 13.1. The average molecular weight is 294 g/mol. The molecule has 0 bridgehead atoms. The highest BCUT2D eigenvalue weighted by Crippen LogP contribution is 2.27. The van der Waals surface area contributed by atoms with Gasteiger partial charge in [0.15, 0.2) is 0 Å². The van der Waals surface area contributed by atoms with Gasteiger partial charge in [0.1, 0.15) is 5.76 Å². The maximum absolute atomic E-state index is 11.9. The first-order chi connectivity index (χ1) is 10.3. The molecule has 0 aliphatic carbocycles. The van der Waals surface area contributed by atoms with E-state index in [4.69, 9.17) is 4.74 Å². The van der Waals surface area contributed by atoms with Crippen LogP contribution in [-0.2, 0) is 9.53 Å². The lowest BCUT2D eigenvalue weighted by Crippen LogP contribution is -1.97. The number of ether oxygens (including phenoxy) is 1. The van der Waals surface area contributed by atoms with E-state index in [1.165, 1.54) is 4.90 Å². The Labute approximate surface area is 128 Å². The number of thioether (sulfide) groups is 1. The predicted molar refractivity (Wildman–Crippen MR) is 86.7 cm³/mol. The van der Waals surface area contributed by atoms with Crippen molar-refractivity contribution in [3.05, 3.63) is 77.4 Å². The van der Waals surface area contributed by atoms with Gasteiger partial charge in [0.25, 0.3) is 0 Å². The van der Waals surface area contributed by atoms with E-state index in [1.54, 1.807) is 17.8 Å². The first-order valence-electron chi connectivity index (χ1n) is 6.61. The van der Waals surface area contributed by atoms with Crippen molar-refractivity contribution in [3.63, 3.8) is 0 Å². The Bertz CT molecular complexity index is 713. The molecule has 0 saturated heterocycles. The van der Waals surface area contributed by atoms with Gasteiger partial charge in [-0.3, -0.25) is 0 Å². The largest absolute Gasteiger partial charge is 0.422 e. The molecular formula is C18H14O2S. The summed E-state index contributed by atoms with van der Waals surface area (Å²) in [5.41, 5.74) is 2.48. The van der Waals surface area contributed by atoms with E-state index < -0.39 is 0 Å². The van der Waals surface area contributed by atoms with E-state index in [1.807, 2.05) is 66.9 Å². The van der Waals surface area contributed by atoms with Crippen molar-refractivity contribution in [2.24, 2.45) is 0 Å². The highest BCUT2D eigenvalue weighted by Gasteiger charge is 2.21. The first-order valence-corrected chi connectivity index (χ1v) is 7.84. The van der Waals surface area contributed by atoms with Crippen molar-refractivity contribution >= 4 is 29.6 Å². The Hall–Kier alpha value is -2.26. The summed E-state index contributed by atoms with van der Waals surface area (Å²) in [5.74, 6) is 0.301. The Morgan fingerprint density at radius 1 is 1.00 bits per heavy atom. The van der Waals surface area contributed by atoms with Crippen LogP contribution >= 0.6 is 11.8 Å². The smallest absolute Gasteiger partial charge is 0.343 e. The number of cyclic esters (lactones) is 1. The Morgan fingerprint density at radius 2 is 1.71 bits per heavy atom. The third-order valence-electron chi connectivity index (χ3n) is 3.22. The van der Waals surface area contributed by atoms with Gasteiger partial charge in [0, 0.05) is 10.5 Å².